The summed E-state index contributed by atoms with van der Waals surface area (Å²) in [5, 5.41) is 8.39. The van der Waals surface area contributed by atoms with Crippen molar-refractivity contribution in [3.05, 3.63) is 23.0 Å². The van der Waals surface area contributed by atoms with Gasteiger partial charge in [0.25, 0.3) is 0 Å². The lowest BCUT2D eigenvalue weighted by Crippen LogP contribution is -2.20. The number of hydrogen-bond acceptors (Lipinski definition) is 2. The molecule has 15 heavy (non-hydrogen) atoms. The fraction of sp³-hybridized carbons (Fsp3) is 0.667. The van der Waals surface area contributed by atoms with Crippen molar-refractivity contribution in [3.63, 3.8) is 0 Å². The van der Waals surface area contributed by atoms with Crippen LogP contribution in [-0.4, -0.2) is 10.2 Å². The monoisotopic (exact) mass is 318 g/mol. The van der Waals surface area contributed by atoms with E-state index in [0.29, 0.717) is 0 Å². The molecular formula is C12H19IN2. The van der Waals surface area contributed by atoms with E-state index < -0.39 is 0 Å². The highest BCUT2D eigenvalue weighted by Gasteiger charge is 2.25. The van der Waals surface area contributed by atoms with Gasteiger partial charge >= 0.3 is 0 Å². The average Bonchev–Trinajstić information content (AvgIpc) is 1.99. The maximum atomic E-state index is 4.27. The molecule has 1 heterocycles. The molecule has 0 spiro atoms. The zero-order chi connectivity index (χ0) is 11.9. The predicted octanol–water partition coefficient (Wildman–Crippen LogP) is 3.75. The molecule has 0 saturated heterocycles. The maximum absolute atomic E-state index is 4.27. The van der Waals surface area contributed by atoms with Crippen LogP contribution in [0, 0.1) is 6.92 Å². The Morgan fingerprint density at radius 3 is 2.07 bits per heavy atom. The third kappa shape index (κ3) is 2.89. The summed E-state index contributed by atoms with van der Waals surface area (Å²) < 4.78 is 0.0378. The van der Waals surface area contributed by atoms with E-state index in [1.165, 1.54) is 11.1 Å². The molecule has 84 valence electrons. The third-order valence-corrected chi connectivity index (χ3v) is 2.99. The average molecular weight is 318 g/mol. The lowest BCUT2D eigenvalue weighted by molar-refractivity contribution is 0.573. The zero-order valence-corrected chi connectivity index (χ0v) is 12.5. The molecule has 0 aliphatic heterocycles. The first-order valence-corrected chi connectivity index (χ1v) is 6.24. The smallest absolute Gasteiger partial charge is 0.0816 e. The van der Waals surface area contributed by atoms with E-state index in [-0.39, 0.29) is 8.84 Å². The molecule has 0 N–H and O–H groups in total. The van der Waals surface area contributed by atoms with Gasteiger partial charge in [-0.2, -0.15) is 10.2 Å². The topological polar surface area (TPSA) is 25.8 Å². The van der Waals surface area contributed by atoms with Gasteiger partial charge in [0.15, 0.2) is 0 Å². The molecule has 0 atom stereocenters. The van der Waals surface area contributed by atoms with Crippen LogP contribution in [0.15, 0.2) is 6.20 Å². The van der Waals surface area contributed by atoms with Gasteiger partial charge in [-0.15, -0.1) is 0 Å². The van der Waals surface area contributed by atoms with Gasteiger partial charge in [0.2, 0.25) is 0 Å². The van der Waals surface area contributed by atoms with Crippen molar-refractivity contribution in [2.75, 3.05) is 0 Å². The van der Waals surface area contributed by atoms with Crippen LogP contribution < -0.4 is 0 Å². The van der Waals surface area contributed by atoms with Gasteiger partial charge in [-0.05, 0) is 37.3 Å². The van der Waals surface area contributed by atoms with E-state index in [1.807, 2.05) is 6.20 Å². The molecule has 0 aromatic carbocycles. The zero-order valence-electron chi connectivity index (χ0n) is 10.3. The SMILES string of the molecule is Cc1c(C(C)(C)C)cnnc1C(C)(C)I. The lowest BCUT2D eigenvalue weighted by atomic mass is 9.84. The van der Waals surface area contributed by atoms with E-state index in [0.717, 1.165) is 5.69 Å². The molecule has 2 nitrogen and oxygen atoms in total. The van der Waals surface area contributed by atoms with Crippen LogP contribution in [-0.2, 0) is 8.84 Å². The highest BCUT2D eigenvalue weighted by Crippen LogP contribution is 2.34. The van der Waals surface area contributed by atoms with Crippen molar-refractivity contribution in [1.82, 2.24) is 10.2 Å². The molecule has 0 saturated carbocycles. The van der Waals surface area contributed by atoms with Crippen LogP contribution in [0.1, 0.15) is 51.4 Å². The summed E-state index contributed by atoms with van der Waals surface area (Å²) in [7, 11) is 0. The Labute approximate surface area is 106 Å². The van der Waals surface area contributed by atoms with Crippen molar-refractivity contribution in [2.24, 2.45) is 0 Å². The number of hydrogen-bond donors (Lipinski definition) is 0. The number of rotatable bonds is 1. The first kappa shape index (κ1) is 12.9. The van der Waals surface area contributed by atoms with E-state index in [9.17, 15) is 0 Å². The maximum Gasteiger partial charge on any atom is 0.0816 e. The number of halogens is 1. The molecule has 3 heteroatoms. The Morgan fingerprint density at radius 1 is 1.13 bits per heavy atom. The minimum atomic E-state index is 0.0378. The normalized spacial score (nSPS) is 13.0. The van der Waals surface area contributed by atoms with Crippen molar-refractivity contribution in [2.45, 2.75) is 50.4 Å². The van der Waals surface area contributed by atoms with Gasteiger partial charge in [-0.3, -0.25) is 0 Å². The molecule has 0 aliphatic carbocycles. The highest BCUT2D eigenvalue weighted by molar-refractivity contribution is 14.1. The summed E-state index contributed by atoms with van der Waals surface area (Å²) in [6.45, 7) is 13.1. The van der Waals surface area contributed by atoms with Crippen molar-refractivity contribution in [3.8, 4) is 0 Å². The van der Waals surface area contributed by atoms with Crippen LogP contribution >= 0.6 is 22.6 Å². The summed E-state index contributed by atoms with van der Waals surface area (Å²) in [5.41, 5.74) is 3.79. The molecule has 1 rings (SSSR count). The van der Waals surface area contributed by atoms with Gasteiger partial charge in [0.05, 0.1) is 15.3 Å². The van der Waals surface area contributed by atoms with E-state index >= 15 is 0 Å². The van der Waals surface area contributed by atoms with Crippen LogP contribution in [0.5, 0.6) is 0 Å². The van der Waals surface area contributed by atoms with E-state index in [2.05, 4.69) is 74.3 Å². The standard InChI is InChI=1S/C12H19IN2/c1-8-9(11(2,3)4)7-14-15-10(8)12(5,6)13/h7H,1-6H3. The molecule has 0 amide bonds. The predicted molar refractivity (Wildman–Crippen MR) is 72.5 cm³/mol. The van der Waals surface area contributed by atoms with Crippen molar-refractivity contribution < 1.29 is 0 Å². The molecule has 0 bridgehead atoms. The fourth-order valence-corrected chi connectivity index (χ4v) is 2.28. The molecule has 1 aromatic rings. The molecule has 0 aliphatic rings. The van der Waals surface area contributed by atoms with Crippen LogP contribution in [0.3, 0.4) is 0 Å². The number of nitrogens with zero attached hydrogens (tertiary/aromatic N) is 2. The van der Waals surface area contributed by atoms with Crippen LogP contribution in [0.2, 0.25) is 0 Å². The first-order chi connectivity index (χ1) is 6.64. The third-order valence-electron chi connectivity index (χ3n) is 2.47. The molecule has 0 fully saturated rings. The second kappa shape index (κ2) is 4.00. The Balaban J connectivity index is 3.37. The van der Waals surface area contributed by atoms with Crippen molar-refractivity contribution in [1.29, 1.82) is 0 Å². The summed E-state index contributed by atoms with van der Waals surface area (Å²) in [6, 6.07) is 0. The molecule has 0 unspecified atom stereocenters. The number of alkyl halides is 1. The summed E-state index contributed by atoms with van der Waals surface area (Å²) >= 11 is 2.41. The summed E-state index contributed by atoms with van der Waals surface area (Å²) in [6.07, 6.45) is 1.89. The Kier molecular flexibility index (Phi) is 3.43. The fourth-order valence-electron chi connectivity index (χ4n) is 1.76. The van der Waals surface area contributed by atoms with Crippen LogP contribution in [0.25, 0.3) is 0 Å². The molecule has 0 radical (unpaired) electrons. The Hall–Kier alpha value is -0.190. The Morgan fingerprint density at radius 2 is 1.67 bits per heavy atom. The van der Waals surface area contributed by atoms with E-state index in [4.69, 9.17) is 0 Å². The second-order valence-electron chi connectivity index (χ2n) is 5.45. The summed E-state index contributed by atoms with van der Waals surface area (Å²) in [5.74, 6) is 0. The van der Waals surface area contributed by atoms with Gasteiger partial charge in [0.1, 0.15) is 0 Å². The largest absolute Gasteiger partial charge is 0.159 e. The van der Waals surface area contributed by atoms with Gasteiger partial charge in [-0.1, -0.05) is 43.4 Å². The minimum Gasteiger partial charge on any atom is -0.159 e. The summed E-state index contributed by atoms with van der Waals surface area (Å²) in [4.78, 5) is 0. The quantitative estimate of drug-likeness (QED) is 0.582. The van der Waals surface area contributed by atoms with E-state index in [1.54, 1.807) is 0 Å². The number of aromatic nitrogens is 2. The molecule has 1 aromatic heterocycles. The van der Waals surface area contributed by atoms with Crippen LogP contribution in [0.4, 0.5) is 0 Å². The minimum absolute atomic E-state index is 0.0378. The van der Waals surface area contributed by atoms with Crippen molar-refractivity contribution >= 4 is 22.6 Å². The van der Waals surface area contributed by atoms with Gasteiger partial charge in [0, 0.05) is 0 Å². The first-order valence-electron chi connectivity index (χ1n) is 5.16. The van der Waals surface area contributed by atoms with Gasteiger partial charge < -0.3 is 0 Å². The Bertz CT molecular complexity index is 327. The molecular weight excluding hydrogens is 299 g/mol. The highest BCUT2D eigenvalue weighted by atomic mass is 127. The van der Waals surface area contributed by atoms with Gasteiger partial charge in [-0.25, -0.2) is 0 Å². The lowest BCUT2D eigenvalue weighted by Gasteiger charge is -2.25. The second-order valence-corrected chi connectivity index (χ2v) is 8.15.